The number of rotatable bonds is 8. The minimum Gasteiger partial charge on any atom is -0.362 e. The minimum atomic E-state index is -4.37. The lowest BCUT2D eigenvalue weighted by Crippen LogP contribution is -2.21. The van der Waals surface area contributed by atoms with Crippen LogP contribution in [0.4, 0.5) is 0 Å². The third-order valence-corrected chi connectivity index (χ3v) is 7.96. The van der Waals surface area contributed by atoms with E-state index in [0.29, 0.717) is 0 Å². The van der Waals surface area contributed by atoms with E-state index in [4.69, 9.17) is 8.37 Å². The van der Waals surface area contributed by atoms with Crippen LogP contribution in [0.2, 0.25) is 0 Å². The van der Waals surface area contributed by atoms with Crippen LogP contribution in [0.1, 0.15) is 22.7 Å². The van der Waals surface area contributed by atoms with E-state index in [-0.39, 0.29) is 17.3 Å². The zero-order chi connectivity index (χ0) is 22.9. The monoisotopic (exact) mass is 473 g/mol. The van der Waals surface area contributed by atoms with Crippen molar-refractivity contribution < 1.29 is 25.2 Å². The van der Waals surface area contributed by atoms with Gasteiger partial charge in [0.05, 0.1) is 23.6 Å². The van der Waals surface area contributed by atoms with Crippen LogP contribution in [0.5, 0.6) is 5.75 Å². The van der Waals surface area contributed by atoms with E-state index in [2.05, 4.69) is 0 Å². The molecule has 0 spiro atoms. The summed E-state index contributed by atoms with van der Waals surface area (Å²) in [6.45, 7) is 3.38. The molecule has 4 rings (SSSR count). The van der Waals surface area contributed by atoms with E-state index in [1.54, 1.807) is 60.7 Å². The molecule has 1 saturated heterocycles. The highest BCUT2D eigenvalue weighted by molar-refractivity contribution is 7.89. The number of hydrogen-bond acceptors (Lipinski definition) is 6. The zero-order valence-electron chi connectivity index (χ0n) is 17.6. The van der Waals surface area contributed by atoms with Crippen molar-refractivity contribution in [3.05, 3.63) is 95.6 Å². The van der Waals surface area contributed by atoms with Crippen molar-refractivity contribution in [1.82, 2.24) is 4.31 Å². The molecule has 9 heteroatoms. The van der Waals surface area contributed by atoms with E-state index in [1.165, 1.54) is 16.4 Å². The van der Waals surface area contributed by atoms with E-state index < -0.39 is 32.5 Å². The SMILES string of the molecule is Cc1ccc(OS(=O)(=O)OC[C@@H]2[C@@H](c3ccccc3)N2S(=O)(=O)c2ccc(C)cc2)cc1. The van der Waals surface area contributed by atoms with Crippen molar-refractivity contribution in [2.45, 2.75) is 30.8 Å². The molecule has 7 nitrogen and oxygen atoms in total. The molecule has 0 radical (unpaired) electrons. The number of aryl methyl sites for hydroxylation is 2. The molecule has 3 aromatic rings. The van der Waals surface area contributed by atoms with Crippen molar-refractivity contribution in [2.75, 3.05) is 6.61 Å². The lowest BCUT2D eigenvalue weighted by atomic mass is 10.1. The molecule has 0 bridgehead atoms. The molecule has 1 fully saturated rings. The Hall–Kier alpha value is -2.72. The number of benzene rings is 3. The fourth-order valence-corrected chi connectivity index (χ4v) is 5.95. The molecule has 3 atom stereocenters. The number of nitrogens with zero attached hydrogens (tertiary/aromatic N) is 1. The maximum absolute atomic E-state index is 13.2. The van der Waals surface area contributed by atoms with Gasteiger partial charge in [0.15, 0.2) is 0 Å². The third-order valence-electron chi connectivity index (χ3n) is 5.22. The van der Waals surface area contributed by atoms with Gasteiger partial charge in [-0.1, -0.05) is 65.7 Å². The molecule has 1 heterocycles. The second-order valence-electron chi connectivity index (χ2n) is 7.66. The Kier molecular flexibility index (Phi) is 6.09. The molecule has 168 valence electrons. The first-order valence-electron chi connectivity index (χ1n) is 9.98. The summed E-state index contributed by atoms with van der Waals surface area (Å²) in [5.74, 6) is 0.120. The summed E-state index contributed by atoms with van der Waals surface area (Å²) in [4.78, 5) is 0.144. The highest BCUT2D eigenvalue weighted by Crippen LogP contribution is 2.47. The zero-order valence-corrected chi connectivity index (χ0v) is 19.2. The smallest absolute Gasteiger partial charge is 0.362 e. The van der Waals surface area contributed by atoms with Gasteiger partial charge in [-0.3, -0.25) is 0 Å². The highest BCUT2D eigenvalue weighted by Gasteiger charge is 2.56. The number of sulfonamides is 1. The minimum absolute atomic E-state index is 0.120. The Bertz CT molecular complexity index is 1290. The molecule has 0 aromatic heterocycles. The van der Waals surface area contributed by atoms with Crippen LogP contribution in [-0.4, -0.2) is 33.8 Å². The van der Waals surface area contributed by atoms with Crippen LogP contribution >= 0.6 is 0 Å². The topological polar surface area (TPSA) is 89.8 Å². The predicted molar refractivity (Wildman–Crippen MR) is 120 cm³/mol. The lowest BCUT2D eigenvalue weighted by molar-refractivity contribution is 0.268. The first-order chi connectivity index (χ1) is 15.2. The maximum Gasteiger partial charge on any atom is 0.449 e. The van der Waals surface area contributed by atoms with Crippen LogP contribution in [0.3, 0.4) is 0 Å². The third kappa shape index (κ3) is 4.86. The van der Waals surface area contributed by atoms with Gasteiger partial charge in [0.1, 0.15) is 5.75 Å². The molecule has 1 aliphatic rings. The Morgan fingerprint density at radius 3 is 1.94 bits per heavy atom. The fourth-order valence-electron chi connectivity index (χ4n) is 3.49. The second kappa shape index (κ2) is 8.67. The maximum atomic E-state index is 13.2. The normalized spacial score (nSPS) is 20.6. The van der Waals surface area contributed by atoms with Crippen molar-refractivity contribution in [3.63, 3.8) is 0 Å². The van der Waals surface area contributed by atoms with Gasteiger partial charge in [-0.2, -0.15) is 12.7 Å². The largest absolute Gasteiger partial charge is 0.449 e. The van der Waals surface area contributed by atoms with Gasteiger partial charge in [-0.15, -0.1) is 0 Å². The van der Waals surface area contributed by atoms with Crippen LogP contribution in [0, 0.1) is 13.8 Å². The molecular weight excluding hydrogens is 450 g/mol. The second-order valence-corrected chi connectivity index (χ2v) is 10.7. The summed E-state index contributed by atoms with van der Waals surface area (Å²) in [7, 11) is -8.21. The van der Waals surface area contributed by atoms with E-state index in [0.717, 1.165) is 16.7 Å². The van der Waals surface area contributed by atoms with Gasteiger partial charge in [0.25, 0.3) is 0 Å². The Morgan fingerprint density at radius 2 is 1.34 bits per heavy atom. The number of hydrogen-bond donors (Lipinski definition) is 0. The summed E-state index contributed by atoms with van der Waals surface area (Å²) in [6, 6.07) is 20.8. The van der Waals surface area contributed by atoms with Crippen LogP contribution in [0.15, 0.2) is 83.8 Å². The molecule has 1 unspecified atom stereocenters. The highest BCUT2D eigenvalue weighted by atomic mass is 32.3. The average molecular weight is 474 g/mol. The molecule has 1 aliphatic heterocycles. The van der Waals surface area contributed by atoms with Gasteiger partial charge in [-0.05, 0) is 43.7 Å². The lowest BCUT2D eigenvalue weighted by Gasteiger charge is -2.08. The summed E-state index contributed by atoms with van der Waals surface area (Å²) in [5, 5.41) is 0. The average Bonchev–Trinajstić information content (AvgIpc) is 3.50. The summed E-state index contributed by atoms with van der Waals surface area (Å²) < 4.78 is 62.4. The van der Waals surface area contributed by atoms with Gasteiger partial charge >= 0.3 is 10.4 Å². The summed E-state index contributed by atoms with van der Waals surface area (Å²) in [5.41, 5.74) is 2.65. The van der Waals surface area contributed by atoms with Crippen molar-refractivity contribution in [3.8, 4) is 5.75 Å². The van der Waals surface area contributed by atoms with Gasteiger partial charge in [0.2, 0.25) is 10.0 Å². The fraction of sp³-hybridized carbons (Fsp3) is 0.217. The standard InChI is InChI=1S/C23H23NO6S2/c1-17-8-12-20(13-9-17)30-32(27,28)29-16-22-23(19-6-4-3-5-7-19)24(22)31(25,26)21-14-10-18(2)11-15-21/h3-15,22-23H,16H2,1-2H3/t22-,23-,24?/m1/s1. The van der Waals surface area contributed by atoms with Crippen LogP contribution in [-0.2, 0) is 24.6 Å². The Balaban J connectivity index is 1.54. The molecule has 0 amide bonds. The summed E-state index contributed by atoms with van der Waals surface area (Å²) in [6.07, 6.45) is 0. The molecule has 0 N–H and O–H groups in total. The van der Waals surface area contributed by atoms with E-state index in [1.807, 2.05) is 19.9 Å². The Morgan fingerprint density at radius 1 is 0.781 bits per heavy atom. The molecular formula is C23H23NO6S2. The molecule has 32 heavy (non-hydrogen) atoms. The first kappa shape index (κ1) is 22.5. The quantitative estimate of drug-likeness (QED) is 0.463. The Labute approximate surface area is 188 Å². The van der Waals surface area contributed by atoms with Crippen molar-refractivity contribution >= 4 is 20.4 Å². The molecule has 0 aliphatic carbocycles. The van der Waals surface area contributed by atoms with Crippen molar-refractivity contribution in [1.29, 1.82) is 0 Å². The van der Waals surface area contributed by atoms with Crippen molar-refractivity contribution in [2.24, 2.45) is 0 Å². The van der Waals surface area contributed by atoms with E-state index in [9.17, 15) is 16.8 Å². The molecule has 0 saturated carbocycles. The summed E-state index contributed by atoms with van der Waals surface area (Å²) >= 11 is 0. The van der Waals surface area contributed by atoms with Crippen LogP contribution < -0.4 is 4.18 Å². The molecule has 3 aromatic carbocycles. The van der Waals surface area contributed by atoms with Gasteiger partial charge in [-0.25, -0.2) is 12.6 Å². The van der Waals surface area contributed by atoms with E-state index >= 15 is 0 Å². The predicted octanol–water partition coefficient (Wildman–Crippen LogP) is 3.76. The van der Waals surface area contributed by atoms with Crippen LogP contribution in [0.25, 0.3) is 0 Å². The van der Waals surface area contributed by atoms with Gasteiger partial charge < -0.3 is 4.18 Å². The first-order valence-corrected chi connectivity index (χ1v) is 12.8. The van der Waals surface area contributed by atoms with Gasteiger partial charge in [0, 0.05) is 0 Å².